The predicted molar refractivity (Wildman–Crippen MR) is 69.4 cm³/mol. The second kappa shape index (κ2) is 5.83. The van der Waals surface area contributed by atoms with Crippen molar-refractivity contribution in [2.24, 2.45) is 0 Å². The van der Waals surface area contributed by atoms with Crippen LogP contribution in [-0.2, 0) is 5.75 Å². The van der Waals surface area contributed by atoms with Gasteiger partial charge in [-0.1, -0.05) is 0 Å². The molecule has 0 aromatic carbocycles. The van der Waals surface area contributed by atoms with Crippen molar-refractivity contribution in [1.82, 2.24) is 10.2 Å². The molecule has 0 unspecified atom stereocenters. The maximum atomic E-state index is 10.7. The van der Waals surface area contributed by atoms with E-state index in [1.807, 2.05) is 11.4 Å². The lowest BCUT2D eigenvalue weighted by Gasteiger charge is -2.00. The molecule has 0 amide bonds. The number of carbonyl (C=O) groups is 1. The lowest BCUT2D eigenvalue weighted by molar-refractivity contribution is 0.0702. The van der Waals surface area contributed by atoms with Crippen molar-refractivity contribution in [3.8, 4) is 5.88 Å². The Hall–Kier alpha value is -1.60. The predicted octanol–water partition coefficient (Wildman–Crippen LogP) is 2.54. The molecule has 0 bridgehead atoms. The van der Waals surface area contributed by atoms with Gasteiger partial charge in [-0.25, -0.2) is 4.79 Å². The summed E-state index contributed by atoms with van der Waals surface area (Å²) in [6.45, 7) is 0. The second-order valence-corrected chi connectivity index (χ2v) is 5.27. The normalized spacial score (nSPS) is 10.3. The van der Waals surface area contributed by atoms with Crippen molar-refractivity contribution in [1.29, 1.82) is 0 Å². The number of thiophene rings is 1. The Kier molecular flexibility index (Phi) is 4.16. The number of hydrogen-bond donors (Lipinski definition) is 1. The number of carboxylic acid groups (broad SMARTS) is 1. The molecule has 0 aliphatic carbocycles. The highest BCUT2D eigenvalue weighted by Crippen LogP contribution is 2.27. The summed E-state index contributed by atoms with van der Waals surface area (Å²) < 4.78 is 4.92. The maximum Gasteiger partial charge on any atom is 0.345 e. The highest BCUT2D eigenvalue weighted by molar-refractivity contribution is 7.98. The van der Waals surface area contributed by atoms with E-state index in [-0.39, 0.29) is 0 Å². The summed E-state index contributed by atoms with van der Waals surface area (Å²) >= 11 is 2.75. The van der Waals surface area contributed by atoms with Gasteiger partial charge >= 0.3 is 5.97 Å². The average Bonchev–Trinajstić information content (AvgIpc) is 2.86. The first-order valence-electron chi connectivity index (χ1n) is 5.00. The van der Waals surface area contributed by atoms with Crippen LogP contribution < -0.4 is 4.74 Å². The summed E-state index contributed by atoms with van der Waals surface area (Å²) in [7, 11) is 1.54. The largest absolute Gasteiger partial charge is 0.480 e. The van der Waals surface area contributed by atoms with Gasteiger partial charge in [-0.2, -0.15) is 5.10 Å². The third-order valence-corrected chi connectivity index (χ3v) is 4.15. The molecular weight excluding hydrogens is 272 g/mol. The van der Waals surface area contributed by atoms with E-state index in [9.17, 15) is 4.79 Å². The lowest BCUT2D eigenvalue weighted by Crippen LogP contribution is -1.93. The zero-order valence-electron chi connectivity index (χ0n) is 9.49. The fourth-order valence-electron chi connectivity index (χ4n) is 1.20. The standard InChI is InChI=1S/C11H10N2O3S2/c1-16-10-3-2-7(12-13-10)5-17-8-4-9(11(14)15)18-6-8/h2-4,6H,5H2,1H3,(H,14,15). The van der Waals surface area contributed by atoms with Crippen LogP contribution in [0, 0.1) is 0 Å². The molecule has 1 N–H and O–H groups in total. The van der Waals surface area contributed by atoms with E-state index < -0.39 is 5.97 Å². The molecule has 0 atom stereocenters. The van der Waals surface area contributed by atoms with Gasteiger partial charge < -0.3 is 9.84 Å². The molecule has 7 heteroatoms. The van der Waals surface area contributed by atoms with Crippen molar-refractivity contribution in [3.63, 3.8) is 0 Å². The number of nitrogens with zero attached hydrogens (tertiary/aromatic N) is 2. The van der Waals surface area contributed by atoms with Gasteiger partial charge in [0.15, 0.2) is 0 Å². The molecule has 0 aliphatic heterocycles. The van der Waals surface area contributed by atoms with E-state index in [1.54, 1.807) is 12.1 Å². The highest BCUT2D eigenvalue weighted by atomic mass is 32.2. The molecule has 94 valence electrons. The summed E-state index contributed by atoms with van der Waals surface area (Å²) in [5.74, 6) is 0.232. The van der Waals surface area contributed by atoms with Gasteiger partial charge in [0.2, 0.25) is 5.88 Å². The molecule has 5 nitrogen and oxygen atoms in total. The van der Waals surface area contributed by atoms with Crippen molar-refractivity contribution >= 4 is 29.1 Å². The molecule has 2 aromatic heterocycles. The Morgan fingerprint density at radius 3 is 2.89 bits per heavy atom. The first kappa shape index (κ1) is 12.8. The third kappa shape index (κ3) is 3.21. The van der Waals surface area contributed by atoms with Gasteiger partial charge in [0, 0.05) is 22.1 Å². The van der Waals surface area contributed by atoms with E-state index in [4.69, 9.17) is 9.84 Å². The van der Waals surface area contributed by atoms with Crippen molar-refractivity contribution in [3.05, 3.63) is 34.2 Å². The van der Waals surface area contributed by atoms with Crippen molar-refractivity contribution in [2.75, 3.05) is 7.11 Å². The third-order valence-electron chi connectivity index (χ3n) is 2.08. The first-order valence-corrected chi connectivity index (χ1v) is 6.87. The van der Waals surface area contributed by atoms with Crippen LogP contribution in [0.5, 0.6) is 5.88 Å². The quantitative estimate of drug-likeness (QED) is 0.850. The van der Waals surface area contributed by atoms with Gasteiger partial charge in [-0.05, 0) is 12.1 Å². The van der Waals surface area contributed by atoms with Crippen molar-refractivity contribution in [2.45, 2.75) is 10.6 Å². The molecule has 2 heterocycles. The minimum absolute atomic E-state index is 0.346. The molecule has 0 radical (unpaired) electrons. The maximum absolute atomic E-state index is 10.7. The van der Waals surface area contributed by atoms with Crippen molar-refractivity contribution < 1.29 is 14.6 Å². The van der Waals surface area contributed by atoms with Crippen LogP contribution in [0.3, 0.4) is 0 Å². The smallest absolute Gasteiger partial charge is 0.345 e. The van der Waals surface area contributed by atoms with Crippen LogP contribution in [0.25, 0.3) is 0 Å². The van der Waals surface area contributed by atoms with Crippen LogP contribution in [0.15, 0.2) is 28.5 Å². The minimum Gasteiger partial charge on any atom is -0.480 e. The zero-order valence-corrected chi connectivity index (χ0v) is 11.1. The number of methoxy groups -OCH3 is 1. The Morgan fingerprint density at radius 2 is 2.33 bits per heavy atom. The first-order chi connectivity index (χ1) is 8.69. The molecule has 0 fully saturated rings. The minimum atomic E-state index is -0.893. The summed E-state index contributed by atoms with van der Waals surface area (Å²) in [6, 6.07) is 5.25. The monoisotopic (exact) mass is 282 g/mol. The molecule has 0 saturated heterocycles. The van der Waals surface area contributed by atoms with Gasteiger partial charge in [0.1, 0.15) is 4.88 Å². The van der Waals surface area contributed by atoms with Crippen LogP contribution in [0.2, 0.25) is 0 Å². The lowest BCUT2D eigenvalue weighted by atomic mass is 10.4. The molecule has 2 aromatic rings. The molecule has 0 aliphatic rings. The van der Waals surface area contributed by atoms with Gasteiger partial charge in [0.05, 0.1) is 12.8 Å². The fourth-order valence-corrected chi connectivity index (χ4v) is 2.97. The van der Waals surface area contributed by atoms with Crippen LogP contribution >= 0.6 is 23.1 Å². The summed E-state index contributed by atoms with van der Waals surface area (Å²) in [5.41, 5.74) is 0.823. The molecule has 0 spiro atoms. The van der Waals surface area contributed by atoms with Crippen LogP contribution in [0.1, 0.15) is 15.4 Å². The zero-order chi connectivity index (χ0) is 13.0. The highest BCUT2D eigenvalue weighted by Gasteiger charge is 2.07. The SMILES string of the molecule is COc1ccc(CSc2csc(C(=O)O)c2)nn1. The Labute approximate surface area is 112 Å². The van der Waals surface area contributed by atoms with E-state index in [0.717, 1.165) is 10.6 Å². The number of thioether (sulfide) groups is 1. The Morgan fingerprint density at radius 1 is 1.50 bits per heavy atom. The van der Waals surface area contributed by atoms with E-state index in [1.165, 1.54) is 30.2 Å². The summed E-state index contributed by atoms with van der Waals surface area (Å²) in [5, 5.41) is 18.5. The van der Waals surface area contributed by atoms with Gasteiger partial charge in [-0.15, -0.1) is 28.2 Å². The van der Waals surface area contributed by atoms with E-state index in [2.05, 4.69) is 10.2 Å². The molecule has 2 rings (SSSR count). The number of aromatic nitrogens is 2. The summed E-state index contributed by atoms with van der Waals surface area (Å²) in [6.07, 6.45) is 0. The number of rotatable bonds is 5. The van der Waals surface area contributed by atoms with E-state index >= 15 is 0 Å². The Bertz CT molecular complexity index is 539. The van der Waals surface area contributed by atoms with Gasteiger partial charge in [0.25, 0.3) is 0 Å². The van der Waals surface area contributed by atoms with Crippen LogP contribution in [0.4, 0.5) is 0 Å². The average molecular weight is 282 g/mol. The fraction of sp³-hybridized carbons (Fsp3) is 0.182. The summed E-state index contributed by atoms with van der Waals surface area (Å²) in [4.78, 5) is 12.0. The number of hydrogen-bond acceptors (Lipinski definition) is 6. The topological polar surface area (TPSA) is 72.3 Å². The molecular formula is C11H10N2O3S2. The van der Waals surface area contributed by atoms with E-state index in [0.29, 0.717) is 16.5 Å². The van der Waals surface area contributed by atoms with Gasteiger partial charge in [-0.3, -0.25) is 0 Å². The number of carboxylic acids is 1. The molecule has 18 heavy (non-hydrogen) atoms. The number of aromatic carboxylic acids is 1. The number of ether oxygens (including phenoxy) is 1. The van der Waals surface area contributed by atoms with Crippen LogP contribution in [-0.4, -0.2) is 28.4 Å². The molecule has 0 saturated carbocycles. The Balaban J connectivity index is 1.95. The second-order valence-electron chi connectivity index (χ2n) is 3.31.